The van der Waals surface area contributed by atoms with Crippen LogP contribution in [0.3, 0.4) is 0 Å². The van der Waals surface area contributed by atoms with E-state index >= 15 is 0 Å². The third-order valence-electron chi connectivity index (χ3n) is 5.06. The number of aliphatic hydroxyl groups is 1. The van der Waals surface area contributed by atoms with E-state index in [9.17, 15) is 14.7 Å². The molecule has 3 aromatic rings. The molecule has 1 N–H and O–H groups in total. The average Bonchev–Trinajstić information content (AvgIpc) is 3.36. The number of furan rings is 1. The molecule has 1 saturated heterocycles. The summed E-state index contributed by atoms with van der Waals surface area (Å²) >= 11 is 0. The molecule has 1 atom stereocenters. The molecular weight excluding hydrogens is 394 g/mol. The lowest BCUT2D eigenvalue weighted by Crippen LogP contribution is -2.29. The summed E-state index contributed by atoms with van der Waals surface area (Å²) in [7, 11) is 0. The van der Waals surface area contributed by atoms with Crippen LogP contribution in [0.15, 0.2) is 83.0 Å². The number of ketones is 1. The molecule has 1 aromatic heterocycles. The number of ether oxygens (including phenoxy) is 1. The molecule has 1 unspecified atom stereocenters. The van der Waals surface area contributed by atoms with E-state index in [-0.39, 0.29) is 24.0 Å². The number of Topliss-reactive ketones (excluding diaryl/α,β-unsaturated/α-hetero) is 1. The second kappa shape index (κ2) is 8.52. The van der Waals surface area contributed by atoms with Crippen LogP contribution >= 0.6 is 0 Å². The molecule has 6 heteroatoms. The number of hydrogen-bond acceptors (Lipinski definition) is 5. The van der Waals surface area contributed by atoms with E-state index in [4.69, 9.17) is 9.15 Å². The van der Waals surface area contributed by atoms with Crippen molar-refractivity contribution in [1.29, 1.82) is 0 Å². The van der Waals surface area contributed by atoms with Gasteiger partial charge in [-0.1, -0.05) is 30.3 Å². The zero-order chi connectivity index (χ0) is 22.0. The predicted molar refractivity (Wildman–Crippen MR) is 115 cm³/mol. The Morgan fingerprint density at radius 1 is 1.03 bits per heavy atom. The number of benzene rings is 2. The van der Waals surface area contributed by atoms with E-state index in [0.717, 1.165) is 5.56 Å². The Morgan fingerprint density at radius 2 is 1.74 bits per heavy atom. The fourth-order valence-electron chi connectivity index (χ4n) is 3.71. The third kappa shape index (κ3) is 4.10. The molecule has 4 rings (SSSR count). The molecule has 31 heavy (non-hydrogen) atoms. The molecule has 158 valence electrons. The van der Waals surface area contributed by atoms with Crippen LogP contribution < -0.4 is 4.74 Å². The third-order valence-corrected chi connectivity index (χ3v) is 5.06. The van der Waals surface area contributed by atoms with Gasteiger partial charge in [-0.25, -0.2) is 0 Å². The highest BCUT2D eigenvalue weighted by atomic mass is 16.5. The van der Waals surface area contributed by atoms with Crippen molar-refractivity contribution in [3.05, 3.63) is 95.5 Å². The highest BCUT2D eigenvalue weighted by molar-refractivity contribution is 6.46. The molecule has 1 aliphatic rings. The van der Waals surface area contributed by atoms with Gasteiger partial charge in [0.25, 0.3) is 11.7 Å². The van der Waals surface area contributed by atoms with E-state index in [1.54, 1.807) is 36.4 Å². The van der Waals surface area contributed by atoms with Gasteiger partial charge in [0, 0.05) is 5.56 Å². The maximum Gasteiger partial charge on any atom is 0.296 e. The van der Waals surface area contributed by atoms with Crippen molar-refractivity contribution in [2.24, 2.45) is 0 Å². The summed E-state index contributed by atoms with van der Waals surface area (Å²) in [5.74, 6) is -0.403. The minimum absolute atomic E-state index is 0.0180. The van der Waals surface area contributed by atoms with Crippen LogP contribution in [0.4, 0.5) is 0 Å². The van der Waals surface area contributed by atoms with Crippen LogP contribution in [0, 0.1) is 0 Å². The Bertz CT molecular complexity index is 1100. The van der Waals surface area contributed by atoms with Crippen LogP contribution in [0.5, 0.6) is 5.75 Å². The van der Waals surface area contributed by atoms with Gasteiger partial charge in [-0.2, -0.15) is 0 Å². The van der Waals surface area contributed by atoms with Crippen molar-refractivity contribution in [3.8, 4) is 5.75 Å². The van der Waals surface area contributed by atoms with Crippen LogP contribution in [0.2, 0.25) is 0 Å². The maximum absolute atomic E-state index is 13.0. The molecule has 6 nitrogen and oxygen atoms in total. The van der Waals surface area contributed by atoms with E-state index in [0.29, 0.717) is 17.1 Å². The Labute approximate surface area is 180 Å². The Morgan fingerprint density at radius 3 is 2.35 bits per heavy atom. The average molecular weight is 417 g/mol. The minimum atomic E-state index is -0.724. The van der Waals surface area contributed by atoms with Gasteiger partial charge < -0.3 is 19.2 Å². The summed E-state index contributed by atoms with van der Waals surface area (Å²) < 4.78 is 11.0. The van der Waals surface area contributed by atoms with Crippen molar-refractivity contribution in [2.45, 2.75) is 32.5 Å². The van der Waals surface area contributed by atoms with E-state index in [1.807, 2.05) is 44.2 Å². The lowest BCUT2D eigenvalue weighted by Gasteiger charge is -2.24. The first-order chi connectivity index (χ1) is 15.0. The number of nitrogens with zero attached hydrogens (tertiary/aromatic N) is 1. The largest absolute Gasteiger partial charge is 0.507 e. The molecule has 0 saturated carbocycles. The molecule has 0 radical (unpaired) electrons. The molecular formula is C25H23NO5. The molecule has 2 heterocycles. The highest BCUT2D eigenvalue weighted by Crippen LogP contribution is 2.40. The van der Waals surface area contributed by atoms with Gasteiger partial charge in [0.05, 0.1) is 30.5 Å². The first-order valence-corrected chi connectivity index (χ1v) is 10.1. The van der Waals surface area contributed by atoms with Gasteiger partial charge in [-0.05, 0) is 55.8 Å². The molecule has 1 aliphatic heterocycles. The Hall–Kier alpha value is -3.80. The van der Waals surface area contributed by atoms with Crippen molar-refractivity contribution in [1.82, 2.24) is 4.90 Å². The zero-order valence-corrected chi connectivity index (χ0v) is 17.3. The van der Waals surface area contributed by atoms with E-state index < -0.39 is 17.7 Å². The number of aliphatic hydroxyl groups excluding tert-OH is 1. The molecule has 1 amide bonds. The first kappa shape index (κ1) is 20.5. The topological polar surface area (TPSA) is 80.0 Å². The van der Waals surface area contributed by atoms with Crippen LogP contribution in [0.25, 0.3) is 5.76 Å². The van der Waals surface area contributed by atoms with Crippen LogP contribution in [-0.2, 0) is 16.1 Å². The number of carbonyl (C=O) groups is 2. The van der Waals surface area contributed by atoms with Crippen LogP contribution in [-0.4, -0.2) is 27.8 Å². The molecule has 0 spiro atoms. The van der Waals surface area contributed by atoms with Crippen molar-refractivity contribution < 1.29 is 23.8 Å². The normalized spacial score (nSPS) is 18.0. The smallest absolute Gasteiger partial charge is 0.296 e. The number of rotatable bonds is 6. The summed E-state index contributed by atoms with van der Waals surface area (Å²) in [5, 5.41) is 11.1. The summed E-state index contributed by atoms with van der Waals surface area (Å²) in [5.41, 5.74) is 1.22. The fraction of sp³-hybridized carbons (Fsp3) is 0.200. The fourth-order valence-corrected chi connectivity index (χ4v) is 3.71. The van der Waals surface area contributed by atoms with Gasteiger partial charge in [-0.15, -0.1) is 0 Å². The van der Waals surface area contributed by atoms with Crippen molar-refractivity contribution in [2.75, 3.05) is 0 Å². The minimum Gasteiger partial charge on any atom is -0.507 e. The second-order valence-electron chi connectivity index (χ2n) is 7.61. The first-order valence-electron chi connectivity index (χ1n) is 10.1. The van der Waals surface area contributed by atoms with E-state index in [2.05, 4.69) is 0 Å². The highest BCUT2D eigenvalue weighted by Gasteiger charge is 2.46. The van der Waals surface area contributed by atoms with Gasteiger partial charge in [0.1, 0.15) is 17.3 Å². The van der Waals surface area contributed by atoms with Crippen molar-refractivity contribution in [3.63, 3.8) is 0 Å². The molecule has 0 bridgehead atoms. The summed E-state index contributed by atoms with van der Waals surface area (Å²) in [4.78, 5) is 27.3. The molecule has 2 aromatic carbocycles. The number of likely N-dealkylation sites (tertiary alicyclic amines) is 1. The zero-order valence-electron chi connectivity index (χ0n) is 17.3. The van der Waals surface area contributed by atoms with Crippen LogP contribution in [0.1, 0.15) is 36.8 Å². The van der Waals surface area contributed by atoms with Gasteiger partial charge in [0.2, 0.25) is 0 Å². The Balaban J connectivity index is 1.78. The number of amides is 1. The van der Waals surface area contributed by atoms with Gasteiger partial charge >= 0.3 is 0 Å². The standard InChI is InChI=1S/C25H23NO5/c1-16(2)31-19-12-10-18(11-13-19)23(27)21-22(17-7-4-3-5-8-17)26(25(29)24(21)28)15-20-9-6-14-30-20/h3-14,16,22,27H,15H2,1-2H3/b23-21-. The van der Waals surface area contributed by atoms with Crippen molar-refractivity contribution >= 4 is 17.4 Å². The number of hydrogen-bond donors (Lipinski definition) is 1. The van der Waals surface area contributed by atoms with E-state index in [1.165, 1.54) is 11.2 Å². The summed E-state index contributed by atoms with van der Waals surface area (Å²) in [6, 6.07) is 18.7. The maximum atomic E-state index is 13.0. The molecule has 0 aliphatic carbocycles. The van der Waals surface area contributed by atoms with Gasteiger partial charge in [-0.3, -0.25) is 9.59 Å². The summed E-state index contributed by atoms with van der Waals surface area (Å²) in [6.07, 6.45) is 1.54. The second-order valence-corrected chi connectivity index (χ2v) is 7.61. The number of carbonyl (C=O) groups excluding carboxylic acids is 2. The Kier molecular flexibility index (Phi) is 5.62. The monoisotopic (exact) mass is 417 g/mol. The quantitative estimate of drug-likeness (QED) is 0.358. The molecule has 1 fully saturated rings. The summed E-state index contributed by atoms with van der Waals surface area (Å²) in [6.45, 7) is 3.97. The SMILES string of the molecule is CC(C)Oc1ccc(/C(O)=C2/C(=O)C(=O)N(Cc3ccco3)C2c2ccccc2)cc1. The lowest BCUT2D eigenvalue weighted by molar-refractivity contribution is -0.140. The lowest BCUT2D eigenvalue weighted by atomic mass is 9.95. The predicted octanol–water partition coefficient (Wildman–Crippen LogP) is 4.69. The van der Waals surface area contributed by atoms with Gasteiger partial charge in [0.15, 0.2) is 0 Å².